The molecule has 4 nitrogen and oxygen atoms in total. The minimum absolute atomic E-state index is 0.268. The summed E-state index contributed by atoms with van der Waals surface area (Å²) in [5, 5.41) is 3.27. The van der Waals surface area contributed by atoms with Gasteiger partial charge in [0.15, 0.2) is 0 Å². The van der Waals surface area contributed by atoms with Crippen LogP contribution in [0.4, 0.5) is 0 Å². The van der Waals surface area contributed by atoms with Gasteiger partial charge in [-0.15, -0.1) is 0 Å². The predicted octanol–water partition coefficient (Wildman–Crippen LogP) is 1.36. The van der Waals surface area contributed by atoms with E-state index in [4.69, 9.17) is 9.47 Å². The van der Waals surface area contributed by atoms with Gasteiger partial charge in [-0.3, -0.25) is 4.79 Å². The van der Waals surface area contributed by atoms with Gasteiger partial charge in [-0.05, 0) is 5.56 Å². The molecule has 1 aromatic carbocycles. The van der Waals surface area contributed by atoms with E-state index < -0.39 is 0 Å². The molecule has 0 fully saturated rings. The van der Waals surface area contributed by atoms with Gasteiger partial charge in [-0.25, -0.2) is 0 Å². The Balaban J connectivity index is 1.90. The standard InChI is InChI=1S/C13H19NO3/c1-12(15)17-10-9-16-8-7-14-11-13-5-3-2-4-6-13/h2-6,14H,7-11H2,1H3. The van der Waals surface area contributed by atoms with Gasteiger partial charge in [0.1, 0.15) is 6.61 Å². The number of carbonyl (C=O) groups is 1. The highest BCUT2D eigenvalue weighted by atomic mass is 16.6. The first kappa shape index (κ1) is 13.7. The zero-order chi connectivity index (χ0) is 12.3. The molecular formula is C13H19NO3. The quantitative estimate of drug-likeness (QED) is 0.548. The second kappa shape index (κ2) is 8.73. The van der Waals surface area contributed by atoms with Gasteiger partial charge in [0.2, 0.25) is 0 Å². The lowest BCUT2D eigenvalue weighted by atomic mass is 10.2. The van der Waals surface area contributed by atoms with Crippen molar-refractivity contribution in [2.75, 3.05) is 26.4 Å². The monoisotopic (exact) mass is 237 g/mol. The molecule has 4 heteroatoms. The third-order valence-corrected chi connectivity index (χ3v) is 2.13. The maximum absolute atomic E-state index is 10.4. The van der Waals surface area contributed by atoms with Crippen molar-refractivity contribution in [2.45, 2.75) is 13.5 Å². The Morgan fingerprint density at radius 2 is 1.94 bits per heavy atom. The minimum Gasteiger partial charge on any atom is -0.463 e. The van der Waals surface area contributed by atoms with E-state index >= 15 is 0 Å². The van der Waals surface area contributed by atoms with Crippen LogP contribution < -0.4 is 5.32 Å². The van der Waals surface area contributed by atoms with Crippen LogP contribution in [-0.2, 0) is 20.8 Å². The summed E-state index contributed by atoms with van der Waals surface area (Å²) in [7, 11) is 0. The van der Waals surface area contributed by atoms with Gasteiger partial charge in [0.25, 0.3) is 0 Å². The summed E-state index contributed by atoms with van der Waals surface area (Å²) < 4.78 is 10.0. The topological polar surface area (TPSA) is 47.6 Å². The number of hydrogen-bond donors (Lipinski definition) is 1. The molecule has 1 rings (SSSR count). The lowest BCUT2D eigenvalue weighted by molar-refractivity contribution is -0.142. The Bertz CT molecular complexity index is 314. The zero-order valence-electron chi connectivity index (χ0n) is 10.1. The highest BCUT2D eigenvalue weighted by Gasteiger charge is 1.93. The van der Waals surface area contributed by atoms with E-state index in [0.717, 1.165) is 13.1 Å². The van der Waals surface area contributed by atoms with E-state index in [9.17, 15) is 4.79 Å². The van der Waals surface area contributed by atoms with Crippen LogP contribution in [0.5, 0.6) is 0 Å². The van der Waals surface area contributed by atoms with Crippen molar-refractivity contribution >= 4 is 5.97 Å². The molecule has 0 heterocycles. The first-order valence-corrected chi connectivity index (χ1v) is 5.75. The fraction of sp³-hybridized carbons (Fsp3) is 0.462. The summed E-state index contributed by atoms with van der Waals surface area (Å²) in [6.45, 7) is 4.42. The molecule has 0 aromatic heterocycles. The molecule has 0 amide bonds. The fourth-order valence-electron chi connectivity index (χ4n) is 1.32. The Morgan fingerprint density at radius 1 is 1.18 bits per heavy atom. The first-order valence-electron chi connectivity index (χ1n) is 5.75. The normalized spacial score (nSPS) is 10.2. The van der Waals surface area contributed by atoms with Crippen molar-refractivity contribution in [3.8, 4) is 0 Å². The summed E-state index contributed by atoms with van der Waals surface area (Å²) in [6, 6.07) is 10.2. The molecule has 0 atom stereocenters. The SMILES string of the molecule is CC(=O)OCCOCCNCc1ccccc1. The smallest absolute Gasteiger partial charge is 0.302 e. The summed E-state index contributed by atoms with van der Waals surface area (Å²) in [5.41, 5.74) is 1.26. The Morgan fingerprint density at radius 3 is 2.65 bits per heavy atom. The Labute approximate surface area is 102 Å². The van der Waals surface area contributed by atoms with Crippen LogP contribution in [0.15, 0.2) is 30.3 Å². The second-order valence-corrected chi connectivity index (χ2v) is 3.61. The summed E-state index contributed by atoms with van der Waals surface area (Å²) in [5.74, 6) is -0.268. The molecule has 0 aliphatic rings. The first-order chi connectivity index (χ1) is 8.29. The average Bonchev–Trinajstić information content (AvgIpc) is 2.33. The molecule has 0 spiro atoms. The Hall–Kier alpha value is -1.39. The van der Waals surface area contributed by atoms with Gasteiger partial charge in [0.05, 0.1) is 13.2 Å². The number of ether oxygens (including phenoxy) is 2. The predicted molar refractivity (Wildman–Crippen MR) is 65.6 cm³/mol. The minimum atomic E-state index is -0.268. The highest BCUT2D eigenvalue weighted by Crippen LogP contribution is 1.96. The maximum atomic E-state index is 10.4. The summed E-state index contributed by atoms with van der Waals surface area (Å²) in [4.78, 5) is 10.4. The van der Waals surface area contributed by atoms with Crippen molar-refractivity contribution in [3.05, 3.63) is 35.9 Å². The van der Waals surface area contributed by atoms with E-state index in [2.05, 4.69) is 17.4 Å². The number of hydrogen-bond acceptors (Lipinski definition) is 4. The third kappa shape index (κ3) is 7.49. The number of carbonyl (C=O) groups excluding carboxylic acids is 1. The summed E-state index contributed by atoms with van der Waals surface area (Å²) >= 11 is 0. The van der Waals surface area contributed by atoms with Crippen LogP contribution in [-0.4, -0.2) is 32.3 Å². The largest absolute Gasteiger partial charge is 0.463 e. The van der Waals surface area contributed by atoms with E-state index in [0.29, 0.717) is 19.8 Å². The second-order valence-electron chi connectivity index (χ2n) is 3.61. The van der Waals surface area contributed by atoms with Crippen LogP contribution in [0.3, 0.4) is 0 Å². The molecule has 0 bridgehead atoms. The van der Waals surface area contributed by atoms with Gasteiger partial charge in [-0.2, -0.15) is 0 Å². The number of esters is 1. The van der Waals surface area contributed by atoms with E-state index in [-0.39, 0.29) is 5.97 Å². The maximum Gasteiger partial charge on any atom is 0.302 e. The van der Waals surface area contributed by atoms with Crippen molar-refractivity contribution < 1.29 is 14.3 Å². The molecule has 0 unspecified atom stereocenters. The van der Waals surface area contributed by atoms with Crippen LogP contribution in [0.1, 0.15) is 12.5 Å². The van der Waals surface area contributed by atoms with Crippen molar-refractivity contribution in [2.24, 2.45) is 0 Å². The highest BCUT2D eigenvalue weighted by molar-refractivity contribution is 5.65. The van der Waals surface area contributed by atoms with Crippen molar-refractivity contribution in [1.82, 2.24) is 5.32 Å². The van der Waals surface area contributed by atoms with Crippen LogP contribution >= 0.6 is 0 Å². The van der Waals surface area contributed by atoms with Gasteiger partial charge >= 0.3 is 5.97 Å². The van der Waals surface area contributed by atoms with Gasteiger partial charge in [0, 0.05) is 20.0 Å². The number of rotatable bonds is 8. The van der Waals surface area contributed by atoms with Crippen LogP contribution in [0.25, 0.3) is 0 Å². The molecule has 0 aliphatic carbocycles. The third-order valence-electron chi connectivity index (χ3n) is 2.13. The average molecular weight is 237 g/mol. The molecule has 0 saturated heterocycles. The molecular weight excluding hydrogens is 218 g/mol. The van der Waals surface area contributed by atoms with E-state index in [1.807, 2.05) is 18.2 Å². The molecule has 17 heavy (non-hydrogen) atoms. The fourth-order valence-corrected chi connectivity index (χ4v) is 1.32. The summed E-state index contributed by atoms with van der Waals surface area (Å²) in [6.07, 6.45) is 0. The molecule has 0 radical (unpaired) electrons. The zero-order valence-corrected chi connectivity index (χ0v) is 10.1. The van der Waals surface area contributed by atoms with Gasteiger partial charge in [-0.1, -0.05) is 30.3 Å². The van der Waals surface area contributed by atoms with Crippen LogP contribution in [0, 0.1) is 0 Å². The number of benzene rings is 1. The van der Waals surface area contributed by atoms with Gasteiger partial charge < -0.3 is 14.8 Å². The van der Waals surface area contributed by atoms with E-state index in [1.54, 1.807) is 0 Å². The number of nitrogens with one attached hydrogen (secondary N) is 1. The molecule has 0 aliphatic heterocycles. The van der Waals surface area contributed by atoms with Crippen LogP contribution in [0.2, 0.25) is 0 Å². The van der Waals surface area contributed by atoms with Crippen molar-refractivity contribution in [1.29, 1.82) is 0 Å². The molecule has 94 valence electrons. The van der Waals surface area contributed by atoms with E-state index in [1.165, 1.54) is 12.5 Å². The lowest BCUT2D eigenvalue weighted by Gasteiger charge is -2.06. The molecule has 1 N–H and O–H groups in total. The Kier molecular flexibility index (Phi) is 7.02. The molecule has 0 saturated carbocycles. The lowest BCUT2D eigenvalue weighted by Crippen LogP contribution is -2.20. The molecule has 1 aromatic rings. The van der Waals surface area contributed by atoms with Crippen molar-refractivity contribution in [3.63, 3.8) is 0 Å².